The van der Waals surface area contributed by atoms with E-state index in [1.807, 2.05) is 24.3 Å². The number of hydrogen-bond donors (Lipinski definition) is 0. The van der Waals surface area contributed by atoms with Crippen LogP contribution in [0.25, 0.3) is 0 Å². The lowest BCUT2D eigenvalue weighted by atomic mass is 10.2. The standard InChI is InChI=1S/C10H9Cl2O/c1-8-2-4-9(5-3-8)13-7-6-10(11)12/h2-6H,1,7H2. The second kappa shape index (κ2) is 5.15. The van der Waals surface area contributed by atoms with E-state index in [1.54, 1.807) is 6.08 Å². The van der Waals surface area contributed by atoms with Gasteiger partial charge in [0.25, 0.3) is 0 Å². The molecule has 0 amide bonds. The molecular formula is C10H9Cl2O. The first-order valence-electron chi connectivity index (χ1n) is 3.74. The van der Waals surface area contributed by atoms with Crippen molar-refractivity contribution in [3.8, 4) is 5.75 Å². The first kappa shape index (κ1) is 10.4. The van der Waals surface area contributed by atoms with Crippen LogP contribution in [0.1, 0.15) is 5.56 Å². The highest BCUT2D eigenvalue weighted by molar-refractivity contribution is 6.55. The van der Waals surface area contributed by atoms with Gasteiger partial charge < -0.3 is 4.74 Å². The maximum absolute atomic E-state index is 5.41. The molecule has 0 N–H and O–H groups in total. The number of benzene rings is 1. The van der Waals surface area contributed by atoms with Gasteiger partial charge in [0.1, 0.15) is 16.8 Å². The summed E-state index contributed by atoms with van der Waals surface area (Å²) in [6.45, 7) is 4.13. The van der Waals surface area contributed by atoms with Crippen molar-refractivity contribution < 1.29 is 4.74 Å². The number of rotatable bonds is 3. The van der Waals surface area contributed by atoms with Crippen LogP contribution in [-0.4, -0.2) is 6.61 Å². The molecule has 0 bridgehead atoms. The average molecular weight is 216 g/mol. The van der Waals surface area contributed by atoms with E-state index in [1.165, 1.54) is 0 Å². The topological polar surface area (TPSA) is 9.23 Å². The first-order chi connectivity index (χ1) is 6.18. The van der Waals surface area contributed by atoms with Gasteiger partial charge in [-0.05, 0) is 30.7 Å². The molecule has 0 atom stereocenters. The Bertz CT molecular complexity index is 286. The fourth-order valence-electron chi connectivity index (χ4n) is 0.787. The molecule has 0 fully saturated rings. The van der Waals surface area contributed by atoms with Crippen LogP contribution in [0.3, 0.4) is 0 Å². The molecule has 1 rings (SSSR count). The highest BCUT2D eigenvalue weighted by Crippen LogP contribution is 2.12. The molecular weight excluding hydrogens is 207 g/mol. The summed E-state index contributed by atoms with van der Waals surface area (Å²) in [5, 5.41) is 0. The summed E-state index contributed by atoms with van der Waals surface area (Å²) in [4.78, 5) is 0. The Kier molecular flexibility index (Phi) is 4.13. The summed E-state index contributed by atoms with van der Waals surface area (Å²) in [6, 6.07) is 7.44. The van der Waals surface area contributed by atoms with E-state index < -0.39 is 0 Å². The van der Waals surface area contributed by atoms with E-state index in [0.29, 0.717) is 6.61 Å². The summed E-state index contributed by atoms with van der Waals surface area (Å²) >= 11 is 10.8. The Morgan fingerprint density at radius 3 is 2.46 bits per heavy atom. The van der Waals surface area contributed by atoms with E-state index >= 15 is 0 Å². The minimum Gasteiger partial charge on any atom is -0.489 e. The Morgan fingerprint density at radius 1 is 1.31 bits per heavy atom. The minimum absolute atomic E-state index is 0.216. The third kappa shape index (κ3) is 4.20. The molecule has 0 aliphatic carbocycles. The molecule has 0 aromatic heterocycles. The second-order valence-electron chi connectivity index (χ2n) is 2.45. The normalized spacial score (nSPS) is 9.46. The van der Waals surface area contributed by atoms with Gasteiger partial charge in [-0.1, -0.05) is 35.3 Å². The minimum atomic E-state index is 0.216. The molecule has 13 heavy (non-hydrogen) atoms. The maximum atomic E-state index is 5.41. The van der Waals surface area contributed by atoms with Gasteiger partial charge in [0.2, 0.25) is 0 Å². The fraction of sp³-hybridized carbons (Fsp3) is 0.100. The Labute approximate surface area is 87.9 Å². The highest BCUT2D eigenvalue weighted by Gasteiger charge is 1.91. The van der Waals surface area contributed by atoms with Crippen LogP contribution in [0.15, 0.2) is 34.8 Å². The molecule has 1 nitrogen and oxygen atoms in total. The SMILES string of the molecule is [CH2]c1ccc(OCC=C(Cl)Cl)cc1. The van der Waals surface area contributed by atoms with Gasteiger partial charge in [-0.25, -0.2) is 0 Å². The lowest BCUT2D eigenvalue weighted by Crippen LogP contribution is -1.92. The Morgan fingerprint density at radius 2 is 1.92 bits per heavy atom. The predicted molar refractivity (Wildman–Crippen MR) is 56.2 cm³/mol. The van der Waals surface area contributed by atoms with Gasteiger partial charge in [0, 0.05) is 0 Å². The zero-order valence-electron chi connectivity index (χ0n) is 6.97. The molecule has 0 saturated carbocycles. The first-order valence-corrected chi connectivity index (χ1v) is 4.50. The van der Waals surface area contributed by atoms with Gasteiger partial charge in [-0.3, -0.25) is 0 Å². The quantitative estimate of drug-likeness (QED) is 0.750. The zero-order chi connectivity index (χ0) is 9.68. The van der Waals surface area contributed by atoms with Gasteiger partial charge >= 0.3 is 0 Å². The lowest BCUT2D eigenvalue weighted by Gasteiger charge is -2.02. The number of halogens is 2. The average Bonchev–Trinajstić information content (AvgIpc) is 2.08. The predicted octanol–water partition coefficient (Wildman–Crippen LogP) is 3.57. The van der Waals surface area contributed by atoms with Crippen molar-refractivity contribution in [2.75, 3.05) is 6.61 Å². The lowest BCUT2D eigenvalue weighted by molar-refractivity contribution is 0.363. The van der Waals surface area contributed by atoms with Crippen LogP contribution in [-0.2, 0) is 0 Å². The van der Waals surface area contributed by atoms with Crippen molar-refractivity contribution in [3.05, 3.63) is 47.3 Å². The van der Waals surface area contributed by atoms with Gasteiger partial charge in [0.05, 0.1) is 0 Å². The van der Waals surface area contributed by atoms with E-state index in [4.69, 9.17) is 27.9 Å². The third-order valence-electron chi connectivity index (χ3n) is 1.41. The van der Waals surface area contributed by atoms with Crippen LogP contribution in [0.2, 0.25) is 0 Å². The van der Waals surface area contributed by atoms with Gasteiger partial charge in [0.15, 0.2) is 0 Å². The highest BCUT2D eigenvalue weighted by atomic mass is 35.5. The van der Waals surface area contributed by atoms with Gasteiger partial charge in [-0.2, -0.15) is 0 Å². The van der Waals surface area contributed by atoms with Crippen molar-refractivity contribution >= 4 is 23.2 Å². The summed E-state index contributed by atoms with van der Waals surface area (Å²) < 4.78 is 5.52. The van der Waals surface area contributed by atoms with Crippen molar-refractivity contribution in [3.63, 3.8) is 0 Å². The van der Waals surface area contributed by atoms with Crippen LogP contribution in [0, 0.1) is 6.92 Å². The number of ether oxygens (including phenoxy) is 1. The molecule has 3 heteroatoms. The van der Waals surface area contributed by atoms with E-state index in [2.05, 4.69) is 6.92 Å². The van der Waals surface area contributed by atoms with E-state index in [0.717, 1.165) is 11.3 Å². The smallest absolute Gasteiger partial charge is 0.119 e. The number of hydrogen-bond acceptors (Lipinski definition) is 1. The molecule has 0 aliphatic heterocycles. The van der Waals surface area contributed by atoms with Crippen molar-refractivity contribution in [2.24, 2.45) is 0 Å². The molecule has 0 unspecified atom stereocenters. The van der Waals surface area contributed by atoms with Crippen LogP contribution < -0.4 is 4.74 Å². The van der Waals surface area contributed by atoms with E-state index in [9.17, 15) is 0 Å². The molecule has 1 aromatic carbocycles. The van der Waals surface area contributed by atoms with Crippen LogP contribution in [0.5, 0.6) is 5.75 Å². The van der Waals surface area contributed by atoms with E-state index in [-0.39, 0.29) is 4.49 Å². The maximum Gasteiger partial charge on any atom is 0.119 e. The summed E-state index contributed by atoms with van der Waals surface area (Å²) in [5.74, 6) is 0.776. The zero-order valence-corrected chi connectivity index (χ0v) is 8.48. The van der Waals surface area contributed by atoms with Crippen molar-refractivity contribution in [1.29, 1.82) is 0 Å². The van der Waals surface area contributed by atoms with Gasteiger partial charge in [-0.15, -0.1) is 0 Å². The monoisotopic (exact) mass is 215 g/mol. The fourth-order valence-corrected chi connectivity index (χ4v) is 0.913. The molecule has 0 aliphatic rings. The van der Waals surface area contributed by atoms with Crippen LogP contribution in [0.4, 0.5) is 0 Å². The Balaban J connectivity index is 2.46. The van der Waals surface area contributed by atoms with Crippen molar-refractivity contribution in [2.45, 2.75) is 0 Å². The van der Waals surface area contributed by atoms with Crippen LogP contribution >= 0.6 is 23.2 Å². The Hall–Kier alpha value is -0.660. The third-order valence-corrected chi connectivity index (χ3v) is 1.72. The molecule has 1 radical (unpaired) electrons. The molecule has 0 saturated heterocycles. The molecule has 0 spiro atoms. The summed E-state index contributed by atoms with van der Waals surface area (Å²) in [5.41, 5.74) is 0.957. The molecule has 69 valence electrons. The molecule has 1 aromatic rings. The second-order valence-corrected chi connectivity index (χ2v) is 3.46. The van der Waals surface area contributed by atoms with Crippen molar-refractivity contribution in [1.82, 2.24) is 0 Å². The summed E-state index contributed by atoms with van der Waals surface area (Å²) in [7, 11) is 0. The largest absolute Gasteiger partial charge is 0.489 e. The molecule has 0 heterocycles. The summed E-state index contributed by atoms with van der Waals surface area (Å²) in [6.07, 6.45) is 1.58.